The van der Waals surface area contributed by atoms with Crippen LogP contribution < -0.4 is 5.43 Å². The first kappa shape index (κ1) is 16.4. The Kier molecular flexibility index (Phi) is 4.28. The lowest BCUT2D eigenvalue weighted by Gasteiger charge is -2.02. The average Bonchev–Trinajstić information content (AvgIpc) is 3.17. The number of fused-ring (bicyclic) bond motifs is 1. The van der Waals surface area contributed by atoms with Crippen molar-refractivity contribution < 1.29 is 9.34 Å². The van der Waals surface area contributed by atoms with Crippen LogP contribution >= 0.6 is 0 Å². The van der Waals surface area contributed by atoms with Gasteiger partial charge in [-0.15, -0.1) is 0 Å². The maximum atomic E-state index is 11.2. The highest BCUT2D eigenvalue weighted by molar-refractivity contribution is 5.89. The quantitative estimate of drug-likeness (QED) is 0.324. The number of para-hydroxylation sites is 2. The topological polar surface area (TPSA) is 106 Å². The molecule has 0 aliphatic rings. The summed E-state index contributed by atoms with van der Waals surface area (Å²) in [5.41, 5.74) is 4.07. The molecule has 0 unspecified atom stereocenters. The van der Waals surface area contributed by atoms with Crippen molar-refractivity contribution in [2.24, 2.45) is 5.10 Å². The number of nitro groups is 1. The molecule has 4 rings (SSSR count). The number of nitrogens with one attached hydrogen (secondary N) is 1. The SMILES string of the molecule is O=[N+]([O-])c1ccccc1-c1ccc(C=NNc2ncnc3ccccc23)o1. The molecule has 0 aliphatic heterocycles. The second-order valence-electron chi connectivity index (χ2n) is 5.59. The molecule has 1 N–H and O–H groups in total. The molecule has 8 heteroatoms. The van der Waals surface area contributed by atoms with Crippen molar-refractivity contribution in [1.82, 2.24) is 9.97 Å². The Morgan fingerprint density at radius 2 is 1.85 bits per heavy atom. The summed E-state index contributed by atoms with van der Waals surface area (Å²) in [7, 11) is 0. The summed E-state index contributed by atoms with van der Waals surface area (Å²) >= 11 is 0. The molecule has 2 heterocycles. The number of nitrogens with zero attached hydrogens (tertiary/aromatic N) is 4. The molecule has 0 radical (unpaired) electrons. The average molecular weight is 359 g/mol. The summed E-state index contributed by atoms with van der Waals surface area (Å²) < 4.78 is 5.66. The predicted octanol–water partition coefficient (Wildman–Crippen LogP) is 4.24. The van der Waals surface area contributed by atoms with Gasteiger partial charge in [-0.2, -0.15) is 5.10 Å². The summed E-state index contributed by atoms with van der Waals surface area (Å²) in [6, 6.07) is 17.4. The molecule has 27 heavy (non-hydrogen) atoms. The van der Waals surface area contributed by atoms with Gasteiger partial charge in [-0.1, -0.05) is 24.3 Å². The lowest BCUT2D eigenvalue weighted by atomic mass is 10.1. The van der Waals surface area contributed by atoms with Crippen LogP contribution in [0.4, 0.5) is 11.5 Å². The van der Waals surface area contributed by atoms with E-state index in [1.54, 1.807) is 30.3 Å². The van der Waals surface area contributed by atoms with E-state index in [2.05, 4.69) is 20.5 Å². The second-order valence-corrected chi connectivity index (χ2v) is 5.59. The zero-order valence-electron chi connectivity index (χ0n) is 13.9. The first-order valence-electron chi connectivity index (χ1n) is 8.05. The minimum atomic E-state index is -0.437. The molecule has 0 fully saturated rings. The van der Waals surface area contributed by atoms with Crippen molar-refractivity contribution in [3.63, 3.8) is 0 Å². The van der Waals surface area contributed by atoms with Gasteiger partial charge in [0.1, 0.15) is 17.8 Å². The number of hydrogen-bond acceptors (Lipinski definition) is 7. The number of hydrogen-bond donors (Lipinski definition) is 1. The number of aromatic nitrogens is 2. The van der Waals surface area contributed by atoms with Crippen molar-refractivity contribution in [1.29, 1.82) is 0 Å². The van der Waals surface area contributed by atoms with Gasteiger partial charge in [-0.3, -0.25) is 15.5 Å². The van der Waals surface area contributed by atoms with Crippen molar-refractivity contribution in [3.05, 3.63) is 82.9 Å². The molecule has 0 aliphatic carbocycles. The van der Waals surface area contributed by atoms with Crippen LogP contribution in [0.3, 0.4) is 0 Å². The zero-order valence-corrected chi connectivity index (χ0v) is 13.9. The maximum absolute atomic E-state index is 11.2. The van der Waals surface area contributed by atoms with Gasteiger partial charge in [-0.05, 0) is 30.3 Å². The number of furan rings is 1. The number of rotatable bonds is 5. The van der Waals surface area contributed by atoms with Crippen LogP contribution in [0.2, 0.25) is 0 Å². The third-order valence-electron chi connectivity index (χ3n) is 3.90. The molecular formula is C19H13N5O3. The van der Waals surface area contributed by atoms with Crippen LogP contribution in [-0.4, -0.2) is 21.1 Å². The Bertz CT molecular complexity index is 1150. The normalized spacial score (nSPS) is 11.1. The maximum Gasteiger partial charge on any atom is 0.280 e. The van der Waals surface area contributed by atoms with E-state index in [1.807, 2.05) is 24.3 Å². The molecule has 0 bridgehead atoms. The van der Waals surface area contributed by atoms with Crippen molar-refractivity contribution >= 4 is 28.6 Å². The molecule has 132 valence electrons. The van der Waals surface area contributed by atoms with Gasteiger partial charge in [0.05, 0.1) is 22.2 Å². The van der Waals surface area contributed by atoms with Crippen molar-refractivity contribution in [2.45, 2.75) is 0 Å². The predicted molar refractivity (Wildman–Crippen MR) is 102 cm³/mol. The van der Waals surface area contributed by atoms with Crippen molar-refractivity contribution in [2.75, 3.05) is 5.43 Å². The molecular weight excluding hydrogens is 346 g/mol. The third-order valence-corrected chi connectivity index (χ3v) is 3.90. The van der Waals surface area contributed by atoms with Crippen LogP contribution in [0.5, 0.6) is 0 Å². The van der Waals surface area contributed by atoms with E-state index in [0.29, 0.717) is 22.9 Å². The third kappa shape index (κ3) is 3.36. The highest BCUT2D eigenvalue weighted by atomic mass is 16.6. The lowest BCUT2D eigenvalue weighted by Crippen LogP contribution is -1.95. The first-order valence-corrected chi connectivity index (χ1v) is 8.05. The summed E-state index contributed by atoms with van der Waals surface area (Å²) in [5.74, 6) is 1.42. The highest BCUT2D eigenvalue weighted by Crippen LogP contribution is 2.30. The van der Waals surface area contributed by atoms with Gasteiger partial charge in [0.25, 0.3) is 5.69 Å². The fourth-order valence-corrected chi connectivity index (χ4v) is 2.66. The summed E-state index contributed by atoms with van der Waals surface area (Å²) in [5, 5.41) is 16.1. The molecule has 0 amide bonds. The van der Waals surface area contributed by atoms with Gasteiger partial charge < -0.3 is 4.42 Å². The highest BCUT2D eigenvalue weighted by Gasteiger charge is 2.16. The van der Waals surface area contributed by atoms with Crippen LogP contribution in [0.25, 0.3) is 22.2 Å². The van der Waals surface area contributed by atoms with Crippen molar-refractivity contribution in [3.8, 4) is 11.3 Å². The fraction of sp³-hybridized carbons (Fsp3) is 0. The molecule has 2 aromatic carbocycles. The largest absolute Gasteiger partial charge is 0.455 e. The Balaban J connectivity index is 1.55. The standard InChI is InChI=1S/C19H13N5O3/c25-24(26)17-8-4-2-6-15(17)18-10-9-13(27-18)11-22-23-19-14-5-1-3-7-16(14)20-12-21-19/h1-12H,(H,20,21,23). The minimum Gasteiger partial charge on any atom is -0.455 e. The van der Waals surface area contributed by atoms with E-state index in [1.165, 1.54) is 18.6 Å². The smallest absolute Gasteiger partial charge is 0.280 e. The van der Waals surface area contributed by atoms with Gasteiger partial charge >= 0.3 is 0 Å². The van der Waals surface area contributed by atoms with E-state index in [0.717, 1.165) is 10.9 Å². The van der Waals surface area contributed by atoms with Crippen LogP contribution in [0, 0.1) is 10.1 Å². The zero-order chi connectivity index (χ0) is 18.6. The van der Waals surface area contributed by atoms with Crippen LogP contribution in [-0.2, 0) is 0 Å². The van der Waals surface area contributed by atoms with Gasteiger partial charge in [0.15, 0.2) is 5.82 Å². The molecule has 0 atom stereocenters. The molecule has 2 aromatic heterocycles. The summed E-state index contributed by atoms with van der Waals surface area (Å²) in [4.78, 5) is 19.1. The molecule has 8 nitrogen and oxygen atoms in total. The molecule has 0 saturated heterocycles. The van der Waals surface area contributed by atoms with Gasteiger partial charge in [0, 0.05) is 11.5 Å². The van der Waals surface area contributed by atoms with E-state index in [9.17, 15) is 10.1 Å². The Hall–Kier alpha value is -4.07. The Labute approximate surface area is 153 Å². The van der Waals surface area contributed by atoms with E-state index in [-0.39, 0.29) is 5.69 Å². The minimum absolute atomic E-state index is 0.0130. The van der Waals surface area contributed by atoms with Gasteiger partial charge in [-0.25, -0.2) is 9.97 Å². The molecule has 0 saturated carbocycles. The second kappa shape index (κ2) is 7.04. The van der Waals surface area contributed by atoms with E-state index < -0.39 is 4.92 Å². The lowest BCUT2D eigenvalue weighted by molar-refractivity contribution is -0.384. The fourth-order valence-electron chi connectivity index (χ4n) is 2.66. The van der Waals surface area contributed by atoms with E-state index >= 15 is 0 Å². The summed E-state index contributed by atoms with van der Waals surface area (Å²) in [6.07, 6.45) is 2.94. The molecule has 0 spiro atoms. The number of anilines is 1. The Morgan fingerprint density at radius 3 is 2.74 bits per heavy atom. The number of nitro benzene ring substituents is 1. The Morgan fingerprint density at radius 1 is 1.04 bits per heavy atom. The van der Waals surface area contributed by atoms with Gasteiger partial charge in [0.2, 0.25) is 0 Å². The number of hydrazone groups is 1. The molecule has 4 aromatic rings. The first-order chi connectivity index (χ1) is 13.2. The number of benzene rings is 2. The monoisotopic (exact) mass is 359 g/mol. The van der Waals surface area contributed by atoms with E-state index in [4.69, 9.17) is 4.42 Å². The van der Waals surface area contributed by atoms with Crippen LogP contribution in [0.15, 0.2) is 76.5 Å². The summed E-state index contributed by atoms with van der Waals surface area (Å²) in [6.45, 7) is 0. The van der Waals surface area contributed by atoms with Crippen LogP contribution in [0.1, 0.15) is 5.76 Å².